The van der Waals surface area contributed by atoms with Gasteiger partial charge in [0.2, 0.25) is 11.1 Å². The summed E-state index contributed by atoms with van der Waals surface area (Å²) in [5, 5.41) is 29.5. The van der Waals surface area contributed by atoms with E-state index in [4.69, 9.17) is 10.6 Å². The number of carbonyl (C=O) groups is 3. The molecule has 2 saturated heterocycles. The quantitative estimate of drug-likeness (QED) is 0.150. The molecule has 2 amide bonds. The second-order valence-electron chi connectivity index (χ2n) is 7.64. The number of nitrogens with zero attached hydrogens (tertiary/aromatic N) is 6. The van der Waals surface area contributed by atoms with Gasteiger partial charge in [0.15, 0.2) is 5.71 Å². The first-order valence-electron chi connectivity index (χ1n) is 9.96. The number of β-lactam (4-membered cyclic amide) rings is 1. The molecule has 0 bridgehead atoms. The van der Waals surface area contributed by atoms with Gasteiger partial charge in [-0.25, -0.2) is 10.1 Å². The number of H-pyrrole nitrogens is 1. The Kier molecular flexibility index (Phi) is 6.60. The molecule has 0 spiro atoms. The minimum absolute atomic E-state index is 0.000835. The first-order chi connectivity index (χ1) is 16.3. The number of nitrogens with two attached hydrogens (primary N) is 1. The Balaban J connectivity index is 1.46. The van der Waals surface area contributed by atoms with E-state index in [1.165, 1.54) is 47.8 Å². The van der Waals surface area contributed by atoms with Crippen LogP contribution in [0, 0.1) is 5.41 Å². The number of carboxylic acids is 1. The fourth-order valence-electron chi connectivity index (χ4n) is 3.75. The lowest BCUT2D eigenvalue weighted by Gasteiger charge is -2.54. The zero-order valence-electron chi connectivity index (χ0n) is 18.0. The van der Waals surface area contributed by atoms with Crippen molar-refractivity contribution in [2.24, 2.45) is 10.6 Å². The van der Waals surface area contributed by atoms with Gasteiger partial charge in [0.25, 0.3) is 5.91 Å². The van der Waals surface area contributed by atoms with Gasteiger partial charge in [-0.15, -0.1) is 16.9 Å². The second kappa shape index (κ2) is 9.46. The monoisotopic (exact) mass is 507 g/mol. The number of hydrogen-bond acceptors (Lipinski definition) is 12. The lowest BCUT2D eigenvalue weighted by atomic mass is 9.84. The van der Waals surface area contributed by atoms with Crippen molar-refractivity contribution in [2.75, 3.05) is 25.1 Å². The molecule has 2 aliphatic rings. The number of oxime groups is 1. The van der Waals surface area contributed by atoms with Crippen LogP contribution in [-0.4, -0.2) is 95.2 Å². The molecule has 180 valence electrons. The van der Waals surface area contributed by atoms with E-state index in [0.29, 0.717) is 10.7 Å². The molecule has 5 N–H and O–H groups in total. The number of anilines is 1. The Hall–Kier alpha value is -3.40. The number of fused-ring (bicyclic) bond motifs is 1. The number of rotatable bonds is 8. The largest absolute Gasteiger partial charge is 0.481 e. The van der Waals surface area contributed by atoms with Gasteiger partial charge in [0.1, 0.15) is 29.8 Å². The van der Waals surface area contributed by atoms with Gasteiger partial charge in [0.05, 0.1) is 0 Å². The van der Waals surface area contributed by atoms with Crippen LogP contribution >= 0.6 is 23.5 Å². The van der Waals surface area contributed by atoms with Crippen molar-refractivity contribution < 1.29 is 24.3 Å². The molecule has 2 fully saturated rings. The molecule has 0 aromatic carbocycles. The molecule has 2 aliphatic heterocycles. The van der Waals surface area contributed by atoms with Gasteiger partial charge in [0, 0.05) is 29.3 Å². The van der Waals surface area contributed by atoms with Crippen LogP contribution in [0.25, 0.3) is 0 Å². The van der Waals surface area contributed by atoms with Gasteiger partial charge in [-0.3, -0.25) is 14.4 Å². The summed E-state index contributed by atoms with van der Waals surface area (Å²) in [4.78, 5) is 48.3. The molecule has 0 radical (unpaired) electrons. The maximum absolute atomic E-state index is 12.9. The number of amides is 2. The van der Waals surface area contributed by atoms with Crippen molar-refractivity contribution in [1.82, 2.24) is 35.8 Å². The number of nitrogen functional groups attached to an aromatic ring is 1. The number of pyridine rings is 1. The van der Waals surface area contributed by atoms with Crippen LogP contribution in [0.1, 0.15) is 12.5 Å². The number of carboxylic acid groups (broad SMARTS) is 1. The highest BCUT2D eigenvalue weighted by molar-refractivity contribution is 8.01. The molecule has 0 aliphatic carbocycles. The average molecular weight is 508 g/mol. The Morgan fingerprint density at radius 2 is 2.32 bits per heavy atom. The minimum atomic E-state index is -1.22. The number of aromatic nitrogens is 5. The normalized spacial score (nSPS) is 25.2. The zero-order chi connectivity index (χ0) is 24.5. The first-order valence-corrected chi connectivity index (χ1v) is 11.9. The number of hydrogen-bond donors (Lipinski definition) is 4. The van der Waals surface area contributed by atoms with E-state index in [1.807, 2.05) is 0 Å². The molecule has 3 unspecified atom stereocenters. The van der Waals surface area contributed by atoms with E-state index in [2.05, 4.69) is 36.1 Å². The van der Waals surface area contributed by atoms with Crippen LogP contribution in [0.15, 0.2) is 28.6 Å². The number of aromatic amines is 1. The third kappa shape index (κ3) is 4.25. The van der Waals surface area contributed by atoms with Crippen LogP contribution in [-0.2, 0) is 19.2 Å². The fraction of sp³-hybridized carbons (Fsp3) is 0.444. The Morgan fingerprint density at radius 1 is 1.53 bits per heavy atom. The summed E-state index contributed by atoms with van der Waals surface area (Å²) in [5.74, 6) is -1.58. The molecule has 14 nitrogen and oxygen atoms in total. The maximum Gasteiger partial charge on any atom is 0.313 e. The zero-order valence-corrected chi connectivity index (χ0v) is 19.7. The van der Waals surface area contributed by atoms with Gasteiger partial charge >= 0.3 is 5.97 Å². The molecule has 4 heterocycles. The molecule has 0 saturated carbocycles. The van der Waals surface area contributed by atoms with E-state index in [9.17, 15) is 19.5 Å². The highest BCUT2D eigenvalue weighted by Crippen LogP contribution is 2.47. The predicted molar refractivity (Wildman–Crippen MR) is 122 cm³/mol. The summed E-state index contributed by atoms with van der Waals surface area (Å²) in [5.41, 5.74) is 4.79. The van der Waals surface area contributed by atoms with E-state index >= 15 is 0 Å². The maximum atomic E-state index is 12.9. The van der Waals surface area contributed by atoms with Gasteiger partial charge in [-0.05, 0) is 22.6 Å². The summed E-state index contributed by atoms with van der Waals surface area (Å²) in [6.45, 7) is 1.76. The summed E-state index contributed by atoms with van der Waals surface area (Å²) in [7, 11) is 1.30. The lowest BCUT2D eigenvalue weighted by Crippen LogP contribution is -2.74. The molecular weight excluding hydrogens is 486 g/mol. The van der Waals surface area contributed by atoms with Gasteiger partial charge in [-0.1, -0.05) is 23.8 Å². The van der Waals surface area contributed by atoms with Gasteiger partial charge in [-0.2, -0.15) is 0 Å². The SMILES string of the molecule is CON=C(C(=O)NC1C(=O)N2CC(C(=O)O)(C(C)Sc3nnn[nH]3)CS[C@H]12)c1ccnc(N)c1. The number of tetrazole rings is 1. The van der Waals surface area contributed by atoms with E-state index in [0.717, 1.165) is 0 Å². The van der Waals surface area contributed by atoms with E-state index in [1.54, 1.807) is 13.0 Å². The lowest BCUT2D eigenvalue weighted by molar-refractivity contribution is -0.158. The van der Waals surface area contributed by atoms with Crippen molar-refractivity contribution in [2.45, 2.75) is 28.7 Å². The number of nitrogens with one attached hydrogen (secondary N) is 2. The van der Waals surface area contributed by atoms with Crippen molar-refractivity contribution in [3.8, 4) is 0 Å². The Morgan fingerprint density at radius 3 is 2.97 bits per heavy atom. The standard InChI is InChI=1S/C18H21N9O5S2/c1-8(34-17-22-25-26-23-17)18(16(30)31)6-27-14(29)12(15(27)33-7-18)21-13(28)11(24-32-2)9-3-4-20-10(19)5-9/h3-5,8,12,15H,6-7H2,1-2H3,(H2,19,20)(H,21,28)(H,30,31)(H,22,23,25,26)/t8?,12?,15-,18?/m1/s1. The van der Waals surface area contributed by atoms with Crippen LogP contribution in [0.5, 0.6) is 0 Å². The summed E-state index contributed by atoms with van der Waals surface area (Å²) >= 11 is 2.49. The second-order valence-corrected chi connectivity index (χ2v) is 10.1. The number of thioether (sulfide) groups is 2. The number of aliphatic carboxylic acids is 1. The highest BCUT2D eigenvalue weighted by atomic mass is 32.2. The molecule has 2 aromatic heterocycles. The summed E-state index contributed by atoms with van der Waals surface area (Å²) in [6.07, 6.45) is 1.43. The van der Waals surface area contributed by atoms with Crippen LogP contribution in [0.2, 0.25) is 0 Å². The summed E-state index contributed by atoms with van der Waals surface area (Å²) in [6, 6.07) is 2.18. The molecule has 34 heavy (non-hydrogen) atoms. The summed E-state index contributed by atoms with van der Waals surface area (Å²) < 4.78 is 0. The van der Waals surface area contributed by atoms with Crippen LogP contribution in [0.4, 0.5) is 5.82 Å². The van der Waals surface area contributed by atoms with Crippen LogP contribution < -0.4 is 11.1 Å². The van der Waals surface area contributed by atoms with Crippen LogP contribution in [0.3, 0.4) is 0 Å². The topological polar surface area (TPSA) is 202 Å². The minimum Gasteiger partial charge on any atom is -0.481 e. The Bertz CT molecular complexity index is 1130. The Labute approximate surface area is 201 Å². The smallest absolute Gasteiger partial charge is 0.313 e. The van der Waals surface area contributed by atoms with E-state index in [-0.39, 0.29) is 29.7 Å². The van der Waals surface area contributed by atoms with Gasteiger partial charge < -0.3 is 25.9 Å². The highest BCUT2D eigenvalue weighted by Gasteiger charge is 2.59. The molecule has 4 atom stereocenters. The fourth-order valence-corrected chi connectivity index (χ4v) is 6.52. The number of carbonyl (C=O) groups excluding carboxylic acids is 2. The van der Waals surface area contributed by atoms with Crippen molar-refractivity contribution in [3.05, 3.63) is 23.9 Å². The third-order valence-electron chi connectivity index (χ3n) is 5.66. The predicted octanol–water partition coefficient (Wildman–Crippen LogP) is -0.821. The third-order valence-corrected chi connectivity index (χ3v) is 8.41. The molecule has 2 aromatic rings. The van der Waals surface area contributed by atoms with Crippen molar-refractivity contribution >= 4 is 52.8 Å². The van der Waals surface area contributed by atoms with E-state index < -0.39 is 34.0 Å². The average Bonchev–Trinajstić information content (AvgIpc) is 3.33. The molecule has 4 rings (SSSR count). The van der Waals surface area contributed by atoms with Crippen molar-refractivity contribution in [3.63, 3.8) is 0 Å². The first kappa shape index (κ1) is 23.7. The van der Waals surface area contributed by atoms with Crippen molar-refractivity contribution in [1.29, 1.82) is 0 Å². The molecule has 16 heteroatoms. The molecular formula is C18H21N9O5S2.